The molecule has 1 atom stereocenters. The highest BCUT2D eigenvalue weighted by Crippen LogP contribution is 2.10. The quantitative estimate of drug-likeness (QED) is 0.546. The zero-order valence-electron chi connectivity index (χ0n) is 8.15. The highest BCUT2D eigenvalue weighted by atomic mass is 32.2. The molecule has 0 spiro atoms. The minimum Gasteiger partial charge on any atom is -0.465 e. The molecule has 0 radical (unpaired) electrons. The van der Waals surface area contributed by atoms with E-state index < -0.39 is 15.5 Å². The number of carbonyl (C=O) groups excluding carboxylic acids is 1. The molecule has 0 aliphatic carbocycles. The largest absolute Gasteiger partial charge is 0.465 e. The third-order valence-electron chi connectivity index (χ3n) is 1.77. The number of esters is 1. The molecular weight excluding hydrogens is 200 g/mol. The van der Waals surface area contributed by atoms with Gasteiger partial charge in [-0.3, -0.25) is 4.21 Å². The zero-order valence-corrected chi connectivity index (χ0v) is 8.97. The molecule has 1 unspecified atom stereocenters. The monoisotopic (exact) mass is 212 g/mol. The van der Waals surface area contributed by atoms with Crippen molar-refractivity contribution >= 4 is 21.4 Å². The predicted octanol–water partition coefficient (Wildman–Crippen LogP) is 1.18. The van der Waals surface area contributed by atoms with Crippen LogP contribution in [0.3, 0.4) is 0 Å². The molecule has 1 aromatic rings. The van der Waals surface area contributed by atoms with Crippen molar-refractivity contribution in [1.82, 2.24) is 0 Å². The molecule has 14 heavy (non-hydrogen) atoms. The molecule has 0 saturated carbocycles. The lowest BCUT2D eigenvalue weighted by Crippen LogP contribution is -2.02. The molecule has 0 bridgehead atoms. The van der Waals surface area contributed by atoms with E-state index >= 15 is 0 Å². The van der Waals surface area contributed by atoms with Crippen LogP contribution in [-0.2, 0) is 14.3 Å². The van der Waals surface area contributed by atoms with Gasteiger partial charge in [-0.05, 0) is 39.7 Å². The lowest BCUT2D eigenvalue weighted by Gasteiger charge is -2.03. The number of carbonyl (C=O) groups is 1. The Balaban J connectivity index is 3.07. The van der Waals surface area contributed by atoms with Gasteiger partial charge in [0.05, 0.1) is 12.7 Å². The van der Waals surface area contributed by atoms with Crippen LogP contribution in [0, 0.1) is 0 Å². The lowest BCUT2D eigenvalue weighted by atomic mass is 10.2. The Morgan fingerprint density at radius 2 is 1.86 bits per heavy atom. The van der Waals surface area contributed by atoms with Gasteiger partial charge in [0, 0.05) is 11.2 Å². The van der Waals surface area contributed by atoms with E-state index in [0.29, 0.717) is 10.5 Å². The fraction of sp³-hybridized carbons (Fsp3) is 0.200. The standard InChI is InChI=1S/C10H12O3S/c1-13-10(11)8-4-6-9(7-5-8)14(2,3)12/h4-7H,2H2,1,3H3. The Bertz CT molecular complexity index is 429. The number of hydrogen-bond donors (Lipinski definition) is 0. The summed E-state index contributed by atoms with van der Waals surface area (Å²) in [6.07, 6.45) is 1.56. The van der Waals surface area contributed by atoms with Crippen molar-refractivity contribution in [2.45, 2.75) is 4.90 Å². The maximum atomic E-state index is 11.5. The van der Waals surface area contributed by atoms with Gasteiger partial charge in [0.2, 0.25) is 0 Å². The van der Waals surface area contributed by atoms with Crippen molar-refractivity contribution in [1.29, 1.82) is 0 Å². The first-order valence-corrected chi connectivity index (χ1v) is 6.09. The number of hydrogen-bond acceptors (Lipinski definition) is 3. The van der Waals surface area contributed by atoms with Crippen LogP contribution < -0.4 is 0 Å². The summed E-state index contributed by atoms with van der Waals surface area (Å²) in [4.78, 5) is 11.7. The highest BCUT2D eigenvalue weighted by Gasteiger charge is 2.06. The molecule has 0 saturated heterocycles. The summed E-state index contributed by atoms with van der Waals surface area (Å²) < 4.78 is 16.0. The summed E-state index contributed by atoms with van der Waals surface area (Å²) in [6, 6.07) is 6.41. The average molecular weight is 212 g/mol. The molecular formula is C10H12O3S. The van der Waals surface area contributed by atoms with E-state index in [1.165, 1.54) is 7.11 Å². The van der Waals surface area contributed by atoms with Gasteiger partial charge in [-0.2, -0.15) is 0 Å². The third-order valence-corrected chi connectivity index (χ3v) is 3.04. The van der Waals surface area contributed by atoms with E-state index in [1.807, 2.05) is 0 Å². The zero-order chi connectivity index (χ0) is 10.8. The summed E-state index contributed by atoms with van der Waals surface area (Å²) in [5, 5.41) is 0. The smallest absolute Gasteiger partial charge is 0.337 e. The summed E-state index contributed by atoms with van der Waals surface area (Å²) >= 11 is 0. The summed E-state index contributed by atoms with van der Waals surface area (Å²) in [5.74, 6) is 3.15. The first kappa shape index (κ1) is 10.8. The second-order valence-electron chi connectivity index (χ2n) is 3.02. The van der Waals surface area contributed by atoms with Crippen LogP contribution in [0.4, 0.5) is 0 Å². The second-order valence-corrected chi connectivity index (χ2v) is 5.50. The van der Waals surface area contributed by atoms with E-state index in [2.05, 4.69) is 10.6 Å². The van der Waals surface area contributed by atoms with Gasteiger partial charge >= 0.3 is 5.97 Å². The minimum atomic E-state index is -2.20. The highest BCUT2D eigenvalue weighted by molar-refractivity contribution is 7.99. The van der Waals surface area contributed by atoms with Crippen molar-refractivity contribution in [3.8, 4) is 0 Å². The Morgan fingerprint density at radius 1 is 1.36 bits per heavy atom. The average Bonchev–Trinajstić information content (AvgIpc) is 2.15. The Labute approximate surface area is 83.7 Å². The van der Waals surface area contributed by atoms with Gasteiger partial charge in [0.15, 0.2) is 0 Å². The number of benzene rings is 1. The van der Waals surface area contributed by atoms with Crippen molar-refractivity contribution in [2.24, 2.45) is 0 Å². The lowest BCUT2D eigenvalue weighted by molar-refractivity contribution is 0.0600. The van der Waals surface area contributed by atoms with Gasteiger partial charge in [0.25, 0.3) is 0 Å². The Morgan fingerprint density at radius 3 is 2.21 bits per heavy atom. The van der Waals surface area contributed by atoms with Gasteiger partial charge in [-0.25, -0.2) is 4.79 Å². The van der Waals surface area contributed by atoms with Crippen LogP contribution in [0.1, 0.15) is 10.4 Å². The van der Waals surface area contributed by atoms with Crippen molar-refractivity contribution in [3.05, 3.63) is 29.8 Å². The number of rotatable bonds is 2. The predicted molar refractivity (Wildman–Crippen MR) is 57.2 cm³/mol. The number of methoxy groups -OCH3 is 1. The van der Waals surface area contributed by atoms with Crippen LogP contribution >= 0.6 is 0 Å². The van der Waals surface area contributed by atoms with Gasteiger partial charge in [-0.1, -0.05) is 0 Å². The molecule has 76 valence electrons. The summed E-state index contributed by atoms with van der Waals surface area (Å²) in [6.45, 7) is 0. The molecule has 0 N–H and O–H groups in total. The van der Waals surface area contributed by atoms with Crippen LogP contribution in [0.5, 0.6) is 0 Å². The SMILES string of the molecule is C=S(C)(=O)c1ccc(C(=O)OC)cc1. The van der Waals surface area contributed by atoms with Gasteiger partial charge in [-0.15, -0.1) is 0 Å². The van der Waals surface area contributed by atoms with Crippen LogP contribution in [-0.4, -0.2) is 29.4 Å². The van der Waals surface area contributed by atoms with Gasteiger partial charge in [0.1, 0.15) is 0 Å². The first-order valence-electron chi connectivity index (χ1n) is 3.96. The molecule has 3 nitrogen and oxygen atoms in total. The van der Waals surface area contributed by atoms with Crippen molar-refractivity contribution in [2.75, 3.05) is 13.4 Å². The van der Waals surface area contributed by atoms with E-state index in [4.69, 9.17) is 0 Å². The topological polar surface area (TPSA) is 43.4 Å². The first-order chi connectivity index (χ1) is 6.45. The molecule has 0 aliphatic rings. The molecule has 0 amide bonds. The molecule has 4 heteroatoms. The molecule has 1 rings (SSSR count). The Hall–Kier alpha value is -1.29. The third kappa shape index (κ3) is 2.35. The molecule has 1 aromatic carbocycles. The normalized spacial score (nSPS) is 14.4. The maximum Gasteiger partial charge on any atom is 0.337 e. The van der Waals surface area contributed by atoms with Crippen LogP contribution in [0.25, 0.3) is 0 Å². The summed E-state index contributed by atoms with van der Waals surface area (Å²) in [7, 11) is -0.884. The van der Waals surface area contributed by atoms with E-state index in [-0.39, 0.29) is 0 Å². The fourth-order valence-corrected chi connectivity index (χ4v) is 1.71. The molecule has 0 aliphatic heterocycles. The number of ether oxygens (including phenoxy) is 1. The van der Waals surface area contributed by atoms with Crippen LogP contribution in [0.15, 0.2) is 29.2 Å². The fourth-order valence-electron chi connectivity index (χ4n) is 0.997. The minimum absolute atomic E-state index is 0.400. The van der Waals surface area contributed by atoms with E-state index in [0.717, 1.165) is 0 Å². The summed E-state index contributed by atoms with van der Waals surface area (Å²) in [5.41, 5.74) is 0.444. The van der Waals surface area contributed by atoms with Crippen molar-refractivity contribution < 1.29 is 13.7 Å². The Kier molecular flexibility index (Phi) is 2.96. The van der Waals surface area contributed by atoms with E-state index in [9.17, 15) is 9.00 Å². The second kappa shape index (κ2) is 3.84. The van der Waals surface area contributed by atoms with Crippen molar-refractivity contribution in [3.63, 3.8) is 0 Å². The van der Waals surface area contributed by atoms with Gasteiger partial charge < -0.3 is 4.74 Å². The van der Waals surface area contributed by atoms with Crippen LogP contribution in [0.2, 0.25) is 0 Å². The maximum absolute atomic E-state index is 11.5. The molecule has 0 heterocycles. The molecule has 0 fully saturated rings. The molecule has 0 aromatic heterocycles. The van der Waals surface area contributed by atoms with E-state index in [1.54, 1.807) is 30.5 Å².